The van der Waals surface area contributed by atoms with Gasteiger partial charge in [-0.05, 0) is 57.5 Å². The van der Waals surface area contributed by atoms with Gasteiger partial charge in [0.2, 0.25) is 5.12 Å². The fraction of sp³-hybridized carbons (Fsp3) is 0.520. The van der Waals surface area contributed by atoms with Crippen molar-refractivity contribution in [2.24, 2.45) is 0 Å². The number of piperazine rings is 1. The van der Waals surface area contributed by atoms with E-state index in [0.717, 1.165) is 55.4 Å². The molecule has 0 aliphatic carbocycles. The van der Waals surface area contributed by atoms with E-state index in [1.807, 2.05) is 32.2 Å². The molecule has 32 heavy (non-hydrogen) atoms. The van der Waals surface area contributed by atoms with Gasteiger partial charge in [0.15, 0.2) is 0 Å². The van der Waals surface area contributed by atoms with Gasteiger partial charge in [0, 0.05) is 54.5 Å². The molecule has 1 fully saturated rings. The van der Waals surface area contributed by atoms with Crippen LogP contribution in [0.3, 0.4) is 0 Å². The minimum absolute atomic E-state index is 0.103. The van der Waals surface area contributed by atoms with E-state index in [9.17, 15) is 4.79 Å². The van der Waals surface area contributed by atoms with Gasteiger partial charge in [-0.15, -0.1) is 0 Å². The average Bonchev–Trinajstić information content (AvgIpc) is 3.03. The maximum absolute atomic E-state index is 11.6. The zero-order valence-corrected chi connectivity index (χ0v) is 20.6. The molecule has 0 N–H and O–H groups in total. The second-order valence-corrected chi connectivity index (χ2v) is 11.1. The summed E-state index contributed by atoms with van der Waals surface area (Å²) in [4.78, 5) is 21.1. The molecule has 0 saturated carbocycles. The molecule has 5 nitrogen and oxygen atoms in total. The van der Waals surface area contributed by atoms with E-state index in [0.29, 0.717) is 6.61 Å². The van der Waals surface area contributed by atoms with Crippen molar-refractivity contribution in [2.75, 3.05) is 44.2 Å². The predicted octanol–water partition coefficient (Wildman–Crippen LogP) is 5.52. The lowest BCUT2D eigenvalue weighted by molar-refractivity contribution is -0.107. The molecular formula is C25H32ClN3O2S. The van der Waals surface area contributed by atoms with E-state index in [1.54, 1.807) is 6.08 Å². The first-order valence-electron chi connectivity index (χ1n) is 11.5. The molecule has 0 amide bonds. The number of rotatable bonds is 9. The minimum Gasteiger partial charge on any atom is -0.496 e. The lowest BCUT2D eigenvalue weighted by Gasteiger charge is -2.36. The SMILES string of the molecule is CC1(C)SC(=O)C=C1OCCCCCCN1CCN(c2ccnc3cc(Cl)ccc23)CC1. The van der Waals surface area contributed by atoms with Gasteiger partial charge in [-0.1, -0.05) is 36.2 Å². The Bertz CT molecular complexity index is 986. The maximum Gasteiger partial charge on any atom is 0.216 e. The van der Waals surface area contributed by atoms with Gasteiger partial charge in [-0.3, -0.25) is 14.7 Å². The predicted molar refractivity (Wildman–Crippen MR) is 135 cm³/mol. The normalized spacial score (nSPS) is 18.9. The number of fused-ring (bicyclic) bond motifs is 1. The number of thioether (sulfide) groups is 1. The summed E-state index contributed by atoms with van der Waals surface area (Å²) < 4.78 is 5.65. The van der Waals surface area contributed by atoms with Crippen molar-refractivity contribution in [3.05, 3.63) is 47.3 Å². The molecule has 172 valence electrons. The summed E-state index contributed by atoms with van der Waals surface area (Å²) in [7, 11) is 0. The number of pyridine rings is 1. The number of benzene rings is 1. The summed E-state index contributed by atoms with van der Waals surface area (Å²) in [5, 5.41) is 2.01. The first kappa shape index (κ1) is 23.4. The standard InChI is InChI=1S/C25H32ClN3O2S/c1-25(2)23(18-24(30)32-25)31-16-6-4-3-5-11-28-12-14-29(15-13-28)22-9-10-27-21-17-19(26)7-8-20(21)22/h7-10,17-18H,3-6,11-16H2,1-2H3. The van der Waals surface area contributed by atoms with E-state index in [2.05, 4.69) is 26.9 Å². The van der Waals surface area contributed by atoms with Crippen LogP contribution in [-0.2, 0) is 9.53 Å². The molecule has 0 bridgehead atoms. The molecular weight excluding hydrogens is 442 g/mol. The lowest BCUT2D eigenvalue weighted by atomic mass is 10.1. The Labute approximate surface area is 200 Å². The Kier molecular flexibility index (Phi) is 7.64. The van der Waals surface area contributed by atoms with Crippen molar-refractivity contribution in [1.29, 1.82) is 0 Å². The molecule has 7 heteroatoms. The lowest BCUT2D eigenvalue weighted by Crippen LogP contribution is -2.46. The monoisotopic (exact) mass is 473 g/mol. The molecule has 1 aromatic carbocycles. The van der Waals surface area contributed by atoms with E-state index in [4.69, 9.17) is 16.3 Å². The molecule has 1 saturated heterocycles. The van der Waals surface area contributed by atoms with Crippen LogP contribution in [0.5, 0.6) is 0 Å². The summed E-state index contributed by atoms with van der Waals surface area (Å²) >= 11 is 7.47. The highest BCUT2D eigenvalue weighted by atomic mass is 35.5. The van der Waals surface area contributed by atoms with Crippen LogP contribution in [0.4, 0.5) is 5.69 Å². The number of halogens is 1. The molecule has 0 unspecified atom stereocenters. The molecule has 3 heterocycles. The number of hydrogen-bond donors (Lipinski definition) is 0. The highest BCUT2D eigenvalue weighted by molar-refractivity contribution is 8.15. The highest BCUT2D eigenvalue weighted by Gasteiger charge is 2.34. The van der Waals surface area contributed by atoms with Crippen LogP contribution in [-0.4, -0.2) is 59.1 Å². The number of unbranched alkanes of at least 4 members (excludes halogenated alkanes) is 3. The van der Waals surface area contributed by atoms with Crippen molar-refractivity contribution >= 4 is 45.1 Å². The molecule has 2 aliphatic heterocycles. The summed E-state index contributed by atoms with van der Waals surface area (Å²) in [5.41, 5.74) is 2.21. The zero-order valence-electron chi connectivity index (χ0n) is 19.0. The van der Waals surface area contributed by atoms with Crippen LogP contribution < -0.4 is 4.90 Å². The first-order valence-corrected chi connectivity index (χ1v) is 12.7. The molecule has 0 atom stereocenters. The summed E-state index contributed by atoms with van der Waals surface area (Å²) in [6, 6.07) is 8.08. The van der Waals surface area contributed by atoms with Crippen molar-refractivity contribution in [3.63, 3.8) is 0 Å². The van der Waals surface area contributed by atoms with Gasteiger partial charge in [-0.2, -0.15) is 0 Å². The Morgan fingerprint density at radius 2 is 1.88 bits per heavy atom. The van der Waals surface area contributed by atoms with Crippen LogP contribution in [0.15, 0.2) is 42.3 Å². The summed E-state index contributed by atoms with van der Waals surface area (Å²) in [6.07, 6.45) is 8.17. The number of aromatic nitrogens is 1. The van der Waals surface area contributed by atoms with Crippen molar-refractivity contribution in [2.45, 2.75) is 44.3 Å². The van der Waals surface area contributed by atoms with Crippen LogP contribution in [0.1, 0.15) is 39.5 Å². The third kappa shape index (κ3) is 5.77. The van der Waals surface area contributed by atoms with Gasteiger partial charge >= 0.3 is 0 Å². The topological polar surface area (TPSA) is 45.7 Å². The van der Waals surface area contributed by atoms with Crippen LogP contribution in [0, 0.1) is 0 Å². The fourth-order valence-corrected chi connectivity index (χ4v) is 5.45. The Balaban J connectivity index is 1.13. The number of hydrogen-bond acceptors (Lipinski definition) is 6. The van der Waals surface area contributed by atoms with Gasteiger partial charge in [0.05, 0.1) is 16.9 Å². The van der Waals surface area contributed by atoms with Crippen molar-refractivity contribution in [1.82, 2.24) is 9.88 Å². The quantitative estimate of drug-likeness (QED) is 0.446. The molecule has 1 aromatic heterocycles. The van der Waals surface area contributed by atoms with Crippen molar-refractivity contribution < 1.29 is 9.53 Å². The number of carbonyl (C=O) groups is 1. The van der Waals surface area contributed by atoms with Crippen LogP contribution >= 0.6 is 23.4 Å². The zero-order chi connectivity index (χ0) is 22.6. The van der Waals surface area contributed by atoms with E-state index in [1.165, 1.54) is 42.1 Å². The molecule has 0 radical (unpaired) electrons. The number of ether oxygens (including phenoxy) is 1. The van der Waals surface area contributed by atoms with Crippen LogP contribution in [0.2, 0.25) is 5.02 Å². The molecule has 2 aromatic rings. The molecule has 0 spiro atoms. The largest absolute Gasteiger partial charge is 0.496 e. The third-order valence-electron chi connectivity index (χ3n) is 6.22. The highest BCUT2D eigenvalue weighted by Crippen LogP contribution is 2.39. The number of nitrogens with zero attached hydrogens (tertiary/aromatic N) is 3. The molecule has 4 rings (SSSR count). The van der Waals surface area contributed by atoms with Crippen molar-refractivity contribution in [3.8, 4) is 0 Å². The third-order valence-corrected chi connectivity index (χ3v) is 7.48. The number of anilines is 1. The van der Waals surface area contributed by atoms with Gasteiger partial charge < -0.3 is 9.64 Å². The van der Waals surface area contributed by atoms with Gasteiger partial charge in [0.1, 0.15) is 5.76 Å². The second kappa shape index (κ2) is 10.4. The maximum atomic E-state index is 11.6. The first-order chi connectivity index (χ1) is 15.4. The number of carbonyl (C=O) groups excluding carboxylic acids is 1. The fourth-order valence-electron chi connectivity index (χ4n) is 4.39. The Morgan fingerprint density at radius 1 is 1.09 bits per heavy atom. The van der Waals surface area contributed by atoms with Gasteiger partial charge in [0.25, 0.3) is 0 Å². The Hall–Kier alpha value is -1.76. The molecule has 2 aliphatic rings. The Morgan fingerprint density at radius 3 is 2.62 bits per heavy atom. The van der Waals surface area contributed by atoms with E-state index >= 15 is 0 Å². The minimum atomic E-state index is -0.213. The second-order valence-electron chi connectivity index (χ2n) is 9.02. The summed E-state index contributed by atoms with van der Waals surface area (Å²) in [6.45, 7) is 10.2. The van der Waals surface area contributed by atoms with Crippen LogP contribution in [0.25, 0.3) is 10.9 Å². The average molecular weight is 474 g/mol. The van der Waals surface area contributed by atoms with E-state index < -0.39 is 0 Å². The van der Waals surface area contributed by atoms with Gasteiger partial charge in [-0.25, -0.2) is 0 Å². The van der Waals surface area contributed by atoms with E-state index in [-0.39, 0.29) is 9.86 Å². The smallest absolute Gasteiger partial charge is 0.216 e. The summed E-state index contributed by atoms with van der Waals surface area (Å²) in [5.74, 6) is 0.829.